The number of carbonyl (C=O) groups is 1. The van der Waals surface area contributed by atoms with Crippen LogP contribution in [0.2, 0.25) is 0 Å². The number of aliphatic hydroxyl groups is 1. The molecule has 0 saturated carbocycles. The van der Waals surface area contributed by atoms with Crippen molar-refractivity contribution in [2.75, 3.05) is 26.2 Å². The summed E-state index contributed by atoms with van der Waals surface area (Å²) in [7, 11) is 0. The first-order valence-corrected chi connectivity index (χ1v) is 7.85. The van der Waals surface area contributed by atoms with Crippen molar-refractivity contribution in [3.05, 3.63) is 0 Å². The first-order chi connectivity index (χ1) is 9.17. The normalized spacial score (nSPS) is 19.3. The van der Waals surface area contributed by atoms with Gasteiger partial charge in [-0.15, -0.1) is 0 Å². The summed E-state index contributed by atoms with van der Waals surface area (Å²) >= 11 is 0. The van der Waals surface area contributed by atoms with E-state index in [1.807, 2.05) is 6.92 Å². The lowest BCUT2D eigenvalue weighted by atomic mass is 9.95. The van der Waals surface area contributed by atoms with Gasteiger partial charge in [-0.1, -0.05) is 26.7 Å². The highest BCUT2D eigenvalue weighted by atomic mass is 16.3. The van der Waals surface area contributed by atoms with Crippen LogP contribution in [0.1, 0.15) is 52.4 Å². The molecule has 0 bridgehead atoms. The third-order valence-corrected chi connectivity index (χ3v) is 3.98. The molecule has 1 aliphatic rings. The topological polar surface area (TPSA) is 52.6 Å². The van der Waals surface area contributed by atoms with Crippen molar-refractivity contribution < 1.29 is 9.90 Å². The third-order valence-electron chi connectivity index (χ3n) is 3.98. The highest BCUT2D eigenvalue weighted by Gasteiger charge is 2.25. The van der Waals surface area contributed by atoms with Gasteiger partial charge in [0.25, 0.3) is 0 Å². The second-order valence-corrected chi connectivity index (χ2v) is 5.64. The number of hydrogen-bond acceptors (Lipinski definition) is 3. The van der Waals surface area contributed by atoms with Crippen molar-refractivity contribution in [2.24, 2.45) is 5.92 Å². The van der Waals surface area contributed by atoms with E-state index < -0.39 is 0 Å². The van der Waals surface area contributed by atoms with E-state index in [9.17, 15) is 9.90 Å². The fraction of sp³-hybridized carbons (Fsp3) is 0.933. The predicted molar refractivity (Wildman–Crippen MR) is 78.0 cm³/mol. The lowest BCUT2D eigenvalue weighted by molar-refractivity contribution is -0.126. The van der Waals surface area contributed by atoms with Crippen LogP contribution in [-0.2, 0) is 4.79 Å². The molecule has 1 atom stereocenters. The molecule has 1 heterocycles. The summed E-state index contributed by atoms with van der Waals surface area (Å²) in [6.45, 7) is 7.61. The smallest absolute Gasteiger partial charge is 0.223 e. The van der Waals surface area contributed by atoms with E-state index in [4.69, 9.17) is 0 Å². The highest BCUT2D eigenvalue weighted by Crippen LogP contribution is 2.17. The maximum absolute atomic E-state index is 12.0. The Hall–Kier alpha value is -0.610. The van der Waals surface area contributed by atoms with Gasteiger partial charge in [0.2, 0.25) is 5.91 Å². The Kier molecular flexibility index (Phi) is 8.07. The molecule has 4 heteroatoms. The number of nitrogens with zero attached hydrogens (tertiary/aromatic N) is 1. The number of β-amino-alcohol motifs (C(OH)–C–C–N with tert-alkyl or cyclic N) is 1. The Balaban J connectivity index is 2.16. The molecule has 19 heavy (non-hydrogen) atoms. The molecule has 112 valence electrons. The number of unbranched alkanes of at least 4 members (excludes halogenated alkanes) is 2. The SMILES string of the molecule is CCCCCNC(=O)C1CCN(CC(O)CC)CC1. The monoisotopic (exact) mass is 270 g/mol. The van der Waals surface area contributed by atoms with E-state index in [1.54, 1.807) is 0 Å². The summed E-state index contributed by atoms with van der Waals surface area (Å²) < 4.78 is 0. The second kappa shape index (κ2) is 9.32. The lowest BCUT2D eigenvalue weighted by Crippen LogP contribution is -2.43. The van der Waals surface area contributed by atoms with Gasteiger partial charge < -0.3 is 15.3 Å². The molecule has 0 aromatic heterocycles. The van der Waals surface area contributed by atoms with Crippen LogP contribution in [0.5, 0.6) is 0 Å². The Morgan fingerprint density at radius 2 is 2.00 bits per heavy atom. The summed E-state index contributed by atoms with van der Waals surface area (Å²) in [5.41, 5.74) is 0. The average Bonchev–Trinajstić information content (AvgIpc) is 2.44. The fourth-order valence-electron chi connectivity index (χ4n) is 2.54. The van der Waals surface area contributed by atoms with E-state index >= 15 is 0 Å². The van der Waals surface area contributed by atoms with Gasteiger partial charge in [0.15, 0.2) is 0 Å². The van der Waals surface area contributed by atoms with Crippen LogP contribution in [0.25, 0.3) is 0 Å². The number of rotatable bonds is 8. The summed E-state index contributed by atoms with van der Waals surface area (Å²) in [6, 6.07) is 0. The molecule has 1 rings (SSSR count). The van der Waals surface area contributed by atoms with Gasteiger partial charge in [-0.2, -0.15) is 0 Å². The number of piperidine rings is 1. The molecular weight excluding hydrogens is 240 g/mol. The second-order valence-electron chi connectivity index (χ2n) is 5.64. The van der Waals surface area contributed by atoms with Gasteiger partial charge in [0, 0.05) is 19.0 Å². The largest absolute Gasteiger partial charge is 0.392 e. The zero-order valence-corrected chi connectivity index (χ0v) is 12.5. The highest BCUT2D eigenvalue weighted by molar-refractivity contribution is 5.78. The van der Waals surface area contributed by atoms with Gasteiger partial charge in [-0.25, -0.2) is 0 Å². The van der Waals surface area contributed by atoms with Crippen LogP contribution in [0.4, 0.5) is 0 Å². The Bertz CT molecular complexity index is 251. The molecule has 0 radical (unpaired) electrons. The summed E-state index contributed by atoms with van der Waals surface area (Å²) in [5, 5.41) is 12.7. The Morgan fingerprint density at radius 3 is 2.58 bits per heavy atom. The van der Waals surface area contributed by atoms with Crippen molar-refractivity contribution in [3.8, 4) is 0 Å². The molecule has 1 fully saturated rings. The fourth-order valence-corrected chi connectivity index (χ4v) is 2.54. The van der Waals surface area contributed by atoms with E-state index in [0.29, 0.717) is 0 Å². The number of likely N-dealkylation sites (tertiary alicyclic amines) is 1. The van der Waals surface area contributed by atoms with Crippen LogP contribution in [-0.4, -0.2) is 48.2 Å². The first-order valence-electron chi connectivity index (χ1n) is 7.85. The molecule has 0 aliphatic carbocycles. The molecular formula is C15H30N2O2. The van der Waals surface area contributed by atoms with Crippen LogP contribution < -0.4 is 5.32 Å². The summed E-state index contributed by atoms with van der Waals surface area (Å²) in [4.78, 5) is 14.2. The number of aliphatic hydroxyl groups excluding tert-OH is 1. The van der Waals surface area contributed by atoms with Gasteiger partial charge in [0.1, 0.15) is 0 Å². The Labute approximate surface area is 117 Å². The van der Waals surface area contributed by atoms with E-state index in [-0.39, 0.29) is 17.9 Å². The maximum atomic E-state index is 12.0. The van der Waals surface area contributed by atoms with Crippen LogP contribution in [0, 0.1) is 5.92 Å². The molecule has 1 unspecified atom stereocenters. The molecule has 1 aliphatic heterocycles. The Morgan fingerprint density at radius 1 is 1.32 bits per heavy atom. The molecule has 0 aromatic rings. The standard InChI is InChI=1S/C15H30N2O2/c1-3-5-6-9-16-15(19)13-7-10-17(11-8-13)12-14(18)4-2/h13-14,18H,3-12H2,1-2H3,(H,16,19). The average molecular weight is 270 g/mol. The molecule has 0 aromatic carbocycles. The van der Waals surface area contributed by atoms with Gasteiger partial charge in [0.05, 0.1) is 6.10 Å². The van der Waals surface area contributed by atoms with E-state index in [0.717, 1.165) is 51.9 Å². The molecule has 1 amide bonds. The number of nitrogens with one attached hydrogen (secondary N) is 1. The lowest BCUT2D eigenvalue weighted by Gasteiger charge is -2.32. The quantitative estimate of drug-likeness (QED) is 0.661. The van der Waals surface area contributed by atoms with Crippen molar-refractivity contribution >= 4 is 5.91 Å². The molecule has 4 nitrogen and oxygen atoms in total. The molecule has 0 spiro atoms. The minimum Gasteiger partial charge on any atom is -0.392 e. The molecule has 1 saturated heterocycles. The third kappa shape index (κ3) is 6.39. The van der Waals surface area contributed by atoms with E-state index in [2.05, 4.69) is 17.1 Å². The minimum absolute atomic E-state index is 0.177. The number of amides is 1. The van der Waals surface area contributed by atoms with Crippen molar-refractivity contribution in [3.63, 3.8) is 0 Å². The first kappa shape index (κ1) is 16.4. The number of carbonyl (C=O) groups excluding carboxylic acids is 1. The summed E-state index contributed by atoms with van der Waals surface area (Å²) in [5.74, 6) is 0.406. The van der Waals surface area contributed by atoms with Crippen LogP contribution >= 0.6 is 0 Å². The van der Waals surface area contributed by atoms with Gasteiger partial charge in [-0.05, 0) is 38.8 Å². The maximum Gasteiger partial charge on any atom is 0.223 e. The van der Waals surface area contributed by atoms with Crippen molar-refractivity contribution in [2.45, 2.75) is 58.5 Å². The zero-order valence-electron chi connectivity index (χ0n) is 12.5. The van der Waals surface area contributed by atoms with E-state index in [1.165, 1.54) is 12.8 Å². The minimum atomic E-state index is -0.223. The van der Waals surface area contributed by atoms with Crippen LogP contribution in [0.3, 0.4) is 0 Å². The van der Waals surface area contributed by atoms with Gasteiger partial charge in [-0.3, -0.25) is 4.79 Å². The predicted octanol–water partition coefficient (Wildman–Crippen LogP) is 1.78. The van der Waals surface area contributed by atoms with Gasteiger partial charge >= 0.3 is 0 Å². The van der Waals surface area contributed by atoms with Crippen molar-refractivity contribution in [1.82, 2.24) is 10.2 Å². The zero-order chi connectivity index (χ0) is 14.1. The van der Waals surface area contributed by atoms with Crippen LogP contribution in [0.15, 0.2) is 0 Å². The number of hydrogen-bond donors (Lipinski definition) is 2. The van der Waals surface area contributed by atoms with Crippen molar-refractivity contribution in [1.29, 1.82) is 0 Å². The summed E-state index contributed by atoms with van der Waals surface area (Å²) in [6.07, 6.45) is 5.90. The molecule has 2 N–H and O–H groups in total.